The molecule has 1 atom stereocenters. The van der Waals surface area contributed by atoms with E-state index in [2.05, 4.69) is 0 Å². The Labute approximate surface area is 170 Å². The second kappa shape index (κ2) is 8.82. The van der Waals surface area contributed by atoms with Gasteiger partial charge in [-0.2, -0.15) is 0 Å². The lowest BCUT2D eigenvalue weighted by atomic mass is 10.1. The molecule has 0 radical (unpaired) electrons. The van der Waals surface area contributed by atoms with Crippen LogP contribution in [0.2, 0.25) is 0 Å². The molecule has 0 aliphatic carbocycles. The molecule has 0 saturated heterocycles. The molecule has 152 valence electrons. The Balaban J connectivity index is 1.81. The van der Waals surface area contributed by atoms with E-state index in [9.17, 15) is 9.59 Å². The quantitative estimate of drug-likeness (QED) is 0.512. The molecule has 1 unspecified atom stereocenters. The van der Waals surface area contributed by atoms with E-state index < -0.39 is 12.1 Å². The van der Waals surface area contributed by atoms with Crippen molar-refractivity contribution < 1.29 is 28.5 Å². The summed E-state index contributed by atoms with van der Waals surface area (Å²) in [6.07, 6.45) is 0.932. The van der Waals surface area contributed by atoms with E-state index in [1.54, 1.807) is 39.0 Å². The fourth-order valence-corrected chi connectivity index (χ4v) is 2.97. The van der Waals surface area contributed by atoms with Crippen LogP contribution in [-0.2, 0) is 9.53 Å². The number of carbonyl (C=O) groups is 2. The number of fused-ring (bicyclic) bond motifs is 1. The van der Waals surface area contributed by atoms with Crippen molar-refractivity contribution in [2.75, 3.05) is 13.2 Å². The maximum atomic E-state index is 12.7. The average molecular weight is 396 g/mol. The van der Waals surface area contributed by atoms with Gasteiger partial charge in [-0.1, -0.05) is 12.1 Å². The molecule has 0 aromatic heterocycles. The van der Waals surface area contributed by atoms with Gasteiger partial charge in [-0.25, -0.2) is 4.79 Å². The van der Waals surface area contributed by atoms with Crippen LogP contribution in [0.4, 0.5) is 0 Å². The van der Waals surface area contributed by atoms with Crippen molar-refractivity contribution in [3.63, 3.8) is 0 Å². The Kier molecular flexibility index (Phi) is 6.22. The van der Waals surface area contributed by atoms with Crippen LogP contribution < -0.4 is 14.2 Å². The minimum absolute atomic E-state index is 0.193. The molecule has 1 aliphatic rings. The highest BCUT2D eigenvalue weighted by Crippen LogP contribution is 2.39. The number of esters is 1. The van der Waals surface area contributed by atoms with Crippen LogP contribution in [0.3, 0.4) is 0 Å². The first-order valence-corrected chi connectivity index (χ1v) is 9.58. The average Bonchev–Trinajstić information content (AvgIpc) is 3.02. The fourth-order valence-electron chi connectivity index (χ4n) is 2.97. The molecule has 0 spiro atoms. The second-order valence-electron chi connectivity index (χ2n) is 6.52. The molecule has 0 fully saturated rings. The first-order chi connectivity index (χ1) is 13.9. The number of hydrogen-bond acceptors (Lipinski definition) is 6. The molecular weight excluding hydrogens is 372 g/mol. The van der Waals surface area contributed by atoms with E-state index in [4.69, 9.17) is 18.9 Å². The van der Waals surface area contributed by atoms with Crippen LogP contribution in [0.15, 0.2) is 42.2 Å². The summed E-state index contributed by atoms with van der Waals surface area (Å²) in [4.78, 5) is 24.5. The van der Waals surface area contributed by atoms with Gasteiger partial charge < -0.3 is 18.9 Å². The van der Waals surface area contributed by atoms with Gasteiger partial charge in [-0.05, 0) is 63.6 Å². The summed E-state index contributed by atoms with van der Waals surface area (Å²) in [6.45, 7) is 7.95. The van der Waals surface area contributed by atoms with Crippen molar-refractivity contribution in [3.05, 3.63) is 58.8 Å². The highest BCUT2D eigenvalue weighted by molar-refractivity contribution is 6.15. The summed E-state index contributed by atoms with van der Waals surface area (Å²) in [5.74, 6) is 1.29. The van der Waals surface area contributed by atoms with Crippen molar-refractivity contribution in [2.45, 2.75) is 33.8 Å². The molecule has 3 rings (SSSR count). The summed E-state index contributed by atoms with van der Waals surface area (Å²) in [5, 5.41) is 0. The monoisotopic (exact) mass is 396 g/mol. The Morgan fingerprint density at radius 3 is 2.48 bits per heavy atom. The summed E-state index contributed by atoms with van der Waals surface area (Å²) in [6, 6.07) is 10.7. The number of hydrogen-bond donors (Lipinski definition) is 0. The topological polar surface area (TPSA) is 71.1 Å². The smallest absolute Gasteiger partial charge is 0.347 e. The van der Waals surface area contributed by atoms with Crippen molar-refractivity contribution in [1.29, 1.82) is 0 Å². The third-order valence-corrected chi connectivity index (χ3v) is 4.45. The molecule has 6 heteroatoms. The van der Waals surface area contributed by atoms with Crippen molar-refractivity contribution in [1.82, 2.24) is 0 Å². The van der Waals surface area contributed by atoms with Gasteiger partial charge in [0.05, 0.1) is 18.8 Å². The Morgan fingerprint density at radius 2 is 1.83 bits per heavy atom. The molecular formula is C23H24O6. The van der Waals surface area contributed by atoms with Crippen molar-refractivity contribution in [3.8, 4) is 17.2 Å². The molecule has 2 aromatic carbocycles. The Bertz CT molecular complexity index is 943. The number of Topliss-reactive ketones (excluding diaryl/α,β-unsaturated/α-hetero) is 1. The van der Waals surface area contributed by atoms with E-state index in [0.717, 1.165) is 11.3 Å². The number of allylic oxidation sites excluding steroid dienone is 1. The van der Waals surface area contributed by atoms with E-state index in [1.807, 2.05) is 31.2 Å². The lowest BCUT2D eigenvalue weighted by Crippen LogP contribution is -2.26. The number of carbonyl (C=O) groups excluding carboxylic acids is 2. The third-order valence-electron chi connectivity index (χ3n) is 4.45. The fraction of sp³-hybridized carbons (Fsp3) is 0.304. The van der Waals surface area contributed by atoms with Crippen LogP contribution >= 0.6 is 0 Å². The van der Waals surface area contributed by atoms with Gasteiger partial charge in [-0.15, -0.1) is 0 Å². The van der Waals surface area contributed by atoms with Gasteiger partial charge in [0.15, 0.2) is 11.9 Å². The zero-order valence-corrected chi connectivity index (χ0v) is 17.0. The van der Waals surface area contributed by atoms with Gasteiger partial charge in [0.1, 0.15) is 17.2 Å². The summed E-state index contributed by atoms with van der Waals surface area (Å²) in [5.41, 5.74) is 1.95. The minimum Gasteiger partial charge on any atom is -0.494 e. The summed E-state index contributed by atoms with van der Waals surface area (Å²) >= 11 is 0. The zero-order valence-electron chi connectivity index (χ0n) is 17.0. The molecule has 0 N–H and O–H groups in total. The number of benzene rings is 2. The van der Waals surface area contributed by atoms with Crippen LogP contribution in [0.1, 0.15) is 42.3 Å². The van der Waals surface area contributed by atoms with Crippen molar-refractivity contribution >= 4 is 17.8 Å². The van der Waals surface area contributed by atoms with Gasteiger partial charge in [0, 0.05) is 5.56 Å². The Hall–Kier alpha value is -3.28. The van der Waals surface area contributed by atoms with Crippen LogP contribution in [-0.4, -0.2) is 31.1 Å². The minimum atomic E-state index is -0.761. The molecule has 2 aromatic rings. The van der Waals surface area contributed by atoms with Crippen molar-refractivity contribution in [2.24, 2.45) is 0 Å². The van der Waals surface area contributed by atoms with Gasteiger partial charge in [0.25, 0.3) is 0 Å². The molecule has 0 amide bonds. The zero-order chi connectivity index (χ0) is 21.0. The van der Waals surface area contributed by atoms with Crippen LogP contribution in [0.25, 0.3) is 6.08 Å². The molecule has 1 aliphatic heterocycles. The lowest BCUT2D eigenvalue weighted by Gasteiger charge is -2.16. The maximum absolute atomic E-state index is 12.7. The predicted molar refractivity (Wildman–Crippen MR) is 108 cm³/mol. The first-order valence-electron chi connectivity index (χ1n) is 9.58. The van der Waals surface area contributed by atoms with E-state index in [1.165, 1.54) is 0 Å². The van der Waals surface area contributed by atoms with E-state index in [0.29, 0.717) is 29.2 Å². The molecule has 1 heterocycles. The Morgan fingerprint density at radius 1 is 1.10 bits per heavy atom. The van der Waals surface area contributed by atoms with Crippen LogP contribution in [0, 0.1) is 6.92 Å². The number of ether oxygens (including phenoxy) is 4. The molecule has 0 saturated carbocycles. The highest BCUT2D eigenvalue weighted by atomic mass is 16.6. The lowest BCUT2D eigenvalue weighted by molar-refractivity contribution is -0.150. The number of rotatable bonds is 7. The molecule has 0 bridgehead atoms. The van der Waals surface area contributed by atoms with Gasteiger partial charge in [0.2, 0.25) is 5.78 Å². The molecule has 6 nitrogen and oxygen atoms in total. The maximum Gasteiger partial charge on any atom is 0.347 e. The third kappa shape index (κ3) is 4.42. The first kappa shape index (κ1) is 20.5. The predicted octanol–water partition coefficient (Wildman–Crippen LogP) is 4.34. The van der Waals surface area contributed by atoms with Crippen LogP contribution in [0.5, 0.6) is 17.2 Å². The normalized spacial score (nSPS) is 14.9. The SMILES string of the molecule is CCOC(=O)C(C)Oc1ccc2c(c1C)O/C(=C\c1ccc(OCC)cc1)C2=O. The number of ketones is 1. The largest absolute Gasteiger partial charge is 0.494 e. The van der Waals surface area contributed by atoms with E-state index >= 15 is 0 Å². The second-order valence-corrected chi connectivity index (χ2v) is 6.52. The van der Waals surface area contributed by atoms with Gasteiger partial charge >= 0.3 is 5.97 Å². The highest BCUT2D eigenvalue weighted by Gasteiger charge is 2.30. The molecule has 29 heavy (non-hydrogen) atoms. The summed E-state index contributed by atoms with van der Waals surface area (Å²) < 4.78 is 22.0. The van der Waals surface area contributed by atoms with E-state index in [-0.39, 0.29) is 18.1 Å². The standard InChI is InChI=1S/C23H24O6/c1-5-26-17-9-7-16(8-10-17)13-20-21(24)18-11-12-19(14(3)22(18)29-20)28-15(4)23(25)27-6-2/h7-13,15H,5-6H2,1-4H3/b20-13-. The summed E-state index contributed by atoms with van der Waals surface area (Å²) in [7, 11) is 0. The van der Waals surface area contributed by atoms with Gasteiger partial charge in [-0.3, -0.25) is 4.79 Å².